The largest absolute Gasteiger partial charge is 0.330 e. The number of benzene rings is 1. The van der Waals surface area contributed by atoms with Crippen LogP contribution < -0.4 is 10.9 Å². The number of nitrogens with zero attached hydrogens (tertiary/aromatic N) is 3. The van der Waals surface area contributed by atoms with Gasteiger partial charge in [-0.3, -0.25) is 4.79 Å². The summed E-state index contributed by atoms with van der Waals surface area (Å²) in [7, 11) is 0. The van der Waals surface area contributed by atoms with Crippen LogP contribution in [0.1, 0.15) is 22.7 Å². The van der Waals surface area contributed by atoms with Gasteiger partial charge < -0.3 is 10.3 Å². The second-order valence-corrected chi connectivity index (χ2v) is 10.5. The maximum absolute atomic E-state index is 12.5. The first-order chi connectivity index (χ1) is 13.7. The van der Waals surface area contributed by atoms with Crippen LogP contribution in [0.5, 0.6) is 0 Å². The van der Waals surface area contributed by atoms with Gasteiger partial charge in [0.2, 0.25) is 5.13 Å². The Hall–Kier alpha value is -1.75. The molecule has 0 atom stereocenters. The zero-order chi connectivity index (χ0) is 19.1. The number of halogens is 1. The van der Waals surface area contributed by atoms with Gasteiger partial charge in [0.05, 0.1) is 11.1 Å². The third kappa shape index (κ3) is 3.61. The van der Waals surface area contributed by atoms with Gasteiger partial charge in [0.1, 0.15) is 10.7 Å². The summed E-state index contributed by atoms with van der Waals surface area (Å²) in [6, 6.07) is 7.89. The first-order valence-electron chi connectivity index (χ1n) is 8.68. The van der Waals surface area contributed by atoms with Gasteiger partial charge in [0.25, 0.3) is 5.56 Å². The van der Waals surface area contributed by atoms with Crippen molar-refractivity contribution in [3.05, 3.63) is 55.4 Å². The van der Waals surface area contributed by atoms with Crippen LogP contribution in [0.25, 0.3) is 10.2 Å². The highest BCUT2D eigenvalue weighted by Crippen LogP contribution is 2.35. The SMILES string of the molecule is O=c1[nH]c(CSc2nnc(Nc3cccc(Br)c3)s2)nc2sc3c(c12)CCC3. The topological polar surface area (TPSA) is 83.6 Å². The van der Waals surface area contributed by atoms with Crippen molar-refractivity contribution in [3.63, 3.8) is 0 Å². The van der Waals surface area contributed by atoms with Gasteiger partial charge in [0, 0.05) is 15.0 Å². The smallest absolute Gasteiger partial charge is 0.259 e. The molecule has 2 N–H and O–H groups in total. The van der Waals surface area contributed by atoms with Gasteiger partial charge in [0.15, 0.2) is 4.34 Å². The minimum Gasteiger partial charge on any atom is -0.330 e. The van der Waals surface area contributed by atoms with E-state index in [4.69, 9.17) is 0 Å². The van der Waals surface area contributed by atoms with Crippen molar-refractivity contribution < 1.29 is 0 Å². The highest BCUT2D eigenvalue weighted by Gasteiger charge is 2.21. The van der Waals surface area contributed by atoms with Crippen LogP contribution in [0, 0.1) is 0 Å². The fourth-order valence-corrected chi connectivity index (χ4v) is 6.58. The fourth-order valence-electron chi connectivity index (χ4n) is 3.25. The number of aromatic amines is 1. The number of H-pyrrole nitrogens is 1. The zero-order valence-electron chi connectivity index (χ0n) is 14.5. The molecule has 0 fully saturated rings. The summed E-state index contributed by atoms with van der Waals surface area (Å²) in [4.78, 5) is 22.3. The van der Waals surface area contributed by atoms with Crippen molar-refractivity contribution in [1.82, 2.24) is 20.2 Å². The van der Waals surface area contributed by atoms with Gasteiger partial charge in [-0.2, -0.15) is 0 Å². The lowest BCUT2D eigenvalue weighted by Gasteiger charge is -2.01. The number of nitrogens with one attached hydrogen (secondary N) is 2. The second kappa shape index (κ2) is 7.58. The summed E-state index contributed by atoms with van der Waals surface area (Å²) in [6.45, 7) is 0. The maximum Gasteiger partial charge on any atom is 0.259 e. The molecule has 3 aromatic heterocycles. The molecule has 1 aliphatic rings. The molecule has 5 rings (SSSR count). The minimum absolute atomic E-state index is 0.0192. The maximum atomic E-state index is 12.5. The number of thiophene rings is 1. The Labute approximate surface area is 181 Å². The average molecular weight is 492 g/mol. The van der Waals surface area contributed by atoms with E-state index in [0.29, 0.717) is 11.6 Å². The lowest BCUT2D eigenvalue weighted by molar-refractivity contribution is 0.916. The van der Waals surface area contributed by atoms with E-state index in [1.165, 1.54) is 33.5 Å². The van der Waals surface area contributed by atoms with Gasteiger partial charge in [-0.1, -0.05) is 45.1 Å². The molecule has 4 aromatic rings. The molecule has 1 aromatic carbocycles. The van der Waals surface area contributed by atoms with Crippen molar-refractivity contribution in [3.8, 4) is 0 Å². The molecule has 0 spiro atoms. The van der Waals surface area contributed by atoms with E-state index in [2.05, 4.69) is 41.4 Å². The number of aromatic nitrogens is 4. The molecule has 142 valence electrons. The van der Waals surface area contributed by atoms with Gasteiger partial charge in [-0.05, 0) is 43.0 Å². The van der Waals surface area contributed by atoms with E-state index in [0.717, 1.165) is 49.1 Å². The number of hydrogen-bond donors (Lipinski definition) is 2. The number of thioether (sulfide) groups is 1. The molecule has 0 saturated heterocycles. The van der Waals surface area contributed by atoms with E-state index in [-0.39, 0.29) is 5.56 Å². The Kier molecular flexibility index (Phi) is 4.95. The number of fused-ring (bicyclic) bond motifs is 3. The summed E-state index contributed by atoms with van der Waals surface area (Å²) in [5.41, 5.74) is 2.14. The van der Waals surface area contributed by atoms with Crippen LogP contribution in [0.4, 0.5) is 10.8 Å². The van der Waals surface area contributed by atoms with E-state index in [1.54, 1.807) is 11.3 Å². The molecule has 0 unspecified atom stereocenters. The molecule has 0 radical (unpaired) electrons. The van der Waals surface area contributed by atoms with Crippen LogP contribution in [0.15, 0.2) is 37.9 Å². The van der Waals surface area contributed by atoms with E-state index >= 15 is 0 Å². The van der Waals surface area contributed by atoms with Crippen LogP contribution in [-0.2, 0) is 18.6 Å². The molecule has 10 heteroatoms. The van der Waals surface area contributed by atoms with Crippen molar-refractivity contribution in [2.75, 3.05) is 5.32 Å². The van der Waals surface area contributed by atoms with Gasteiger partial charge in [-0.15, -0.1) is 21.5 Å². The molecule has 0 aliphatic heterocycles. The molecule has 0 bridgehead atoms. The fraction of sp³-hybridized carbons (Fsp3) is 0.222. The van der Waals surface area contributed by atoms with Crippen molar-refractivity contribution in [2.45, 2.75) is 29.4 Å². The normalized spacial score (nSPS) is 13.2. The number of rotatable bonds is 5. The first-order valence-corrected chi connectivity index (χ1v) is 12.1. The lowest BCUT2D eigenvalue weighted by Crippen LogP contribution is -2.11. The molecule has 0 saturated carbocycles. The van der Waals surface area contributed by atoms with E-state index in [1.807, 2.05) is 24.3 Å². The highest BCUT2D eigenvalue weighted by atomic mass is 79.9. The van der Waals surface area contributed by atoms with Crippen LogP contribution in [0.2, 0.25) is 0 Å². The third-order valence-electron chi connectivity index (χ3n) is 4.44. The standard InChI is InChI=1S/C18H14BrN5OS3/c19-9-3-1-4-10(7-9)20-17-23-24-18(28-17)26-8-13-21-15(25)14-11-5-2-6-12(11)27-16(14)22-13/h1,3-4,7H,2,5-6,8H2,(H,20,23)(H,21,22,25). The number of aryl methyl sites for hydroxylation is 2. The summed E-state index contributed by atoms with van der Waals surface area (Å²) in [5.74, 6) is 1.23. The van der Waals surface area contributed by atoms with Crippen molar-refractivity contribution in [2.24, 2.45) is 0 Å². The number of anilines is 2. The molecule has 6 nitrogen and oxygen atoms in total. The number of hydrogen-bond acceptors (Lipinski definition) is 8. The summed E-state index contributed by atoms with van der Waals surface area (Å²) >= 11 is 8.12. The summed E-state index contributed by atoms with van der Waals surface area (Å²) < 4.78 is 1.83. The van der Waals surface area contributed by atoms with E-state index < -0.39 is 0 Å². The Morgan fingerprint density at radius 1 is 1.25 bits per heavy atom. The Morgan fingerprint density at radius 3 is 3.07 bits per heavy atom. The molecular formula is C18H14BrN5OS3. The Bertz CT molecular complexity index is 1230. The van der Waals surface area contributed by atoms with Gasteiger partial charge in [-0.25, -0.2) is 4.98 Å². The molecule has 28 heavy (non-hydrogen) atoms. The zero-order valence-corrected chi connectivity index (χ0v) is 18.5. The van der Waals surface area contributed by atoms with Crippen molar-refractivity contribution in [1.29, 1.82) is 0 Å². The predicted octanol–water partition coefficient (Wildman–Crippen LogP) is 5.12. The molecule has 1 aliphatic carbocycles. The van der Waals surface area contributed by atoms with Crippen LogP contribution in [-0.4, -0.2) is 20.2 Å². The monoisotopic (exact) mass is 491 g/mol. The molecule has 0 amide bonds. The van der Waals surface area contributed by atoms with E-state index in [9.17, 15) is 4.79 Å². The average Bonchev–Trinajstić information content (AvgIpc) is 3.35. The van der Waals surface area contributed by atoms with Crippen LogP contribution >= 0.6 is 50.4 Å². The first kappa shape index (κ1) is 18.3. The Morgan fingerprint density at radius 2 is 2.18 bits per heavy atom. The van der Waals surface area contributed by atoms with Gasteiger partial charge >= 0.3 is 0 Å². The van der Waals surface area contributed by atoms with Crippen molar-refractivity contribution >= 4 is 71.4 Å². The predicted molar refractivity (Wildman–Crippen MR) is 119 cm³/mol. The molecular weight excluding hydrogens is 478 g/mol. The summed E-state index contributed by atoms with van der Waals surface area (Å²) in [6.07, 6.45) is 3.20. The quantitative estimate of drug-likeness (QED) is 0.376. The third-order valence-corrected chi connectivity index (χ3v) is 8.10. The molecule has 3 heterocycles. The highest BCUT2D eigenvalue weighted by molar-refractivity contribution is 9.10. The van der Waals surface area contributed by atoms with Crippen LogP contribution in [0.3, 0.4) is 0 Å². The minimum atomic E-state index is -0.0192. The Balaban J connectivity index is 1.30. The summed E-state index contributed by atoms with van der Waals surface area (Å²) in [5, 5.41) is 13.2. The second-order valence-electron chi connectivity index (χ2n) is 6.35. The lowest BCUT2D eigenvalue weighted by atomic mass is 10.2.